The van der Waals surface area contributed by atoms with E-state index in [0.29, 0.717) is 10.8 Å². The first-order chi connectivity index (χ1) is 9.52. The van der Waals surface area contributed by atoms with E-state index in [-0.39, 0.29) is 10.0 Å². The molecule has 0 saturated heterocycles. The van der Waals surface area contributed by atoms with Crippen LogP contribution in [-0.4, -0.2) is 4.98 Å². The SMILES string of the molecule is Fc1cc(Cl)c(Nc2nc3ccc(Br)cc3s2)c(Cl)c1. The highest BCUT2D eigenvalue weighted by Crippen LogP contribution is 2.36. The van der Waals surface area contributed by atoms with Crippen molar-refractivity contribution >= 4 is 71.5 Å². The molecule has 3 aromatic rings. The van der Waals surface area contributed by atoms with Gasteiger partial charge < -0.3 is 5.32 Å². The zero-order valence-corrected chi connectivity index (χ0v) is 13.7. The average molecular weight is 392 g/mol. The van der Waals surface area contributed by atoms with Crippen molar-refractivity contribution in [3.05, 3.63) is 50.7 Å². The summed E-state index contributed by atoms with van der Waals surface area (Å²) < 4.78 is 15.2. The van der Waals surface area contributed by atoms with Crippen LogP contribution in [0, 0.1) is 5.82 Å². The van der Waals surface area contributed by atoms with E-state index in [9.17, 15) is 4.39 Å². The molecule has 0 amide bonds. The summed E-state index contributed by atoms with van der Waals surface area (Å²) in [6.07, 6.45) is 0. The Kier molecular flexibility index (Phi) is 3.86. The Morgan fingerprint density at radius 2 is 1.85 bits per heavy atom. The minimum Gasteiger partial charge on any atom is -0.329 e. The van der Waals surface area contributed by atoms with E-state index in [4.69, 9.17) is 23.2 Å². The van der Waals surface area contributed by atoms with E-state index in [1.807, 2.05) is 18.2 Å². The molecule has 1 heterocycles. The fourth-order valence-corrected chi connectivity index (χ4v) is 3.70. The average Bonchev–Trinajstić information content (AvgIpc) is 2.75. The lowest BCUT2D eigenvalue weighted by atomic mass is 10.3. The molecule has 20 heavy (non-hydrogen) atoms. The molecule has 102 valence electrons. The summed E-state index contributed by atoms with van der Waals surface area (Å²) in [7, 11) is 0. The van der Waals surface area contributed by atoms with Crippen LogP contribution in [0.15, 0.2) is 34.8 Å². The van der Waals surface area contributed by atoms with Gasteiger partial charge in [-0.1, -0.05) is 50.5 Å². The molecule has 0 unspecified atom stereocenters. The molecule has 0 atom stereocenters. The van der Waals surface area contributed by atoms with Gasteiger partial charge in [0.25, 0.3) is 0 Å². The summed E-state index contributed by atoms with van der Waals surface area (Å²) in [6.45, 7) is 0. The number of thiazole rings is 1. The van der Waals surface area contributed by atoms with Gasteiger partial charge in [-0.15, -0.1) is 0 Å². The van der Waals surface area contributed by atoms with Crippen molar-refractivity contribution in [2.24, 2.45) is 0 Å². The lowest BCUT2D eigenvalue weighted by Gasteiger charge is -2.07. The van der Waals surface area contributed by atoms with Crippen molar-refractivity contribution in [3.8, 4) is 0 Å². The second kappa shape index (κ2) is 5.48. The maximum absolute atomic E-state index is 13.1. The second-order valence-corrected chi connectivity index (χ2v) is 6.76. The minimum atomic E-state index is -0.473. The Labute approximate surface area is 136 Å². The molecule has 7 heteroatoms. The summed E-state index contributed by atoms with van der Waals surface area (Å²) in [5.41, 5.74) is 1.32. The summed E-state index contributed by atoms with van der Waals surface area (Å²) in [5.74, 6) is -0.473. The second-order valence-electron chi connectivity index (χ2n) is 4.00. The predicted octanol–water partition coefficient (Wildman–Crippen LogP) is 6.25. The molecule has 0 fully saturated rings. The van der Waals surface area contributed by atoms with Crippen LogP contribution >= 0.6 is 50.5 Å². The summed E-state index contributed by atoms with van der Waals surface area (Å²) in [5, 5.41) is 4.12. The molecule has 2 nitrogen and oxygen atoms in total. The first-order valence-corrected chi connectivity index (χ1v) is 7.87. The van der Waals surface area contributed by atoms with E-state index < -0.39 is 5.82 Å². The number of aromatic nitrogens is 1. The van der Waals surface area contributed by atoms with Gasteiger partial charge in [0.05, 0.1) is 25.9 Å². The van der Waals surface area contributed by atoms with E-state index in [2.05, 4.69) is 26.2 Å². The van der Waals surface area contributed by atoms with Gasteiger partial charge in [0.15, 0.2) is 5.13 Å². The minimum absolute atomic E-state index is 0.218. The van der Waals surface area contributed by atoms with Crippen molar-refractivity contribution in [2.45, 2.75) is 0 Å². The molecule has 0 bridgehead atoms. The number of fused-ring (bicyclic) bond motifs is 1. The highest BCUT2D eigenvalue weighted by molar-refractivity contribution is 9.10. The molecule has 0 aliphatic carbocycles. The van der Waals surface area contributed by atoms with E-state index >= 15 is 0 Å². The first kappa shape index (κ1) is 14.1. The third-order valence-corrected chi connectivity index (χ3v) is 4.61. The lowest BCUT2D eigenvalue weighted by Crippen LogP contribution is -1.92. The van der Waals surface area contributed by atoms with Gasteiger partial charge in [-0.25, -0.2) is 9.37 Å². The zero-order chi connectivity index (χ0) is 14.3. The van der Waals surface area contributed by atoms with Gasteiger partial charge in [-0.05, 0) is 30.3 Å². The molecule has 0 aliphatic rings. The Morgan fingerprint density at radius 3 is 2.55 bits per heavy atom. The summed E-state index contributed by atoms with van der Waals surface area (Å²) in [6, 6.07) is 8.23. The van der Waals surface area contributed by atoms with Gasteiger partial charge in [-0.3, -0.25) is 0 Å². The van der Waals surface area contributed by atoms with E-state index in [0.717, 1.165) is 14.7 Å². The molecule has 1 aromatic heterocycles. The molecular formula is C13H6BrCl2FN2S. The van der Waals surface area contributed by atoms with Crippen LogP contribution in [0.25, 0.3) is 10.2 Å². The quantitative estimate of drug-likeness (QED) is 0.558. The van der Waals surface area contributed by atoms with Crippen molar-refractivity contribution in [3.63, 3.8) is 0 Å². The normalized spacial score (nSPS) is 11.0. The monoisotopic (exact) mass is 390 g/mol. The largest absolute Gasteiger partial charge is 0.329 e. The standard InChI is InChI=1S/C13H6BrCl2FN2S/c14-6-1-2-10-11(3-6)20-13(18-10)19-12-8(15)4-7(17)5-9(12)16/h1-5H,(H,18,19). The molecule has 0 aliphatic heterocycles. The Bertz CT molecular complexity index is 783. The van der Waals surface area contributed by atoms with Crippen LogP contribution in [0.3, 0.4) is 0 Å². The van der Waals surface area contributed by atoms with Crippen molar-refractivity contribution in [1.82, 2.24) is 4.98 Å². The molecule has 1 N–H and O–H groups in total. The number of nitrogens with zero attached hydrogens (tertiary/aromatic N) is 1. The van der Waals surface area contributed by atoms with Crippen LogP contribution in [0.5, 0.6) is 0 Å². The van der Waals surface area contributed by atoms with Crippen LogP contribution in [0.2, 0.25) is 10.0 Å². The Balaban J connectivity index is 2.01. The number of halogens is 4. The third kappa shape index (κ3) is 2.76. The van der Waals surface area contributed by atoms with Crippen LogP contribution in [-0.2, 0) is 0 Å². The third-order valence-electron chi connectivity index (χ3n) is 2.59. The molecule has 0 radical (unpaired) electrons. The number of nitrogens with one attached hydrogen (secondary N) is 1. The van der Waals surface area contributed by atoms with Crippen molar-refractivity contribution in [2.75, 3.05) is 5.32 Å². The number of benzene rings is 2. The number of anilines is 2. The maximum Gasteiger partial charge on any atom is 0.188 e. The Morgan fingerprint density at radius 1 is 1.15 bits per heavy atom. The Hall–Kier alpha value is -0.880. The molecule has 2 aromatic carbocycles. The maximum atomic E-state index is 13.1. The van der Waals surface area contributed by atoms with E-state index in [1.165, 1.54) is 23.5 Å². The number of hydrogen-bond donors (Lipinski definition) is 1. The lowest BCUT2D eigenvalue weighted by molar-refractivity contribution is 0.628. The summed E-state index contributed by atoms with van der Waals surface area (Å²) >= 11 is 16.9. The van der Waals surface area contributed by atoms with Gasteiger partial charge in [0.1, 0.15) is 5.82 Å². The van der Waals surface area contributed by atoms with Crippen LogP contribution < -0.4 is 5.32 Å². The molecule has 0 spiro atoms. The van der Waals surface area contributed by atoms with Crippen molar-refractivity contribution in [1.29, 1.82) is 0 Å². The topological polar surface area (TPSA) is 24.9 Å². The summed E-state index contributed by atoms with van der Waals surface area (Å²) in [4.78, 5) is 4.43. The van der Waals surface area contributed by atoms with Gasteiger partial charge in [0.2, 0.25) is 0 Å². The molecular weight excluding hydrogens is 386 g/mol. The van der Waals surface area contributed by atoms with E-state index in [1.54, 1.807) is 0 Å². The smallest absolute Gasteiger partial charge is 0.188 e. The van der Waals surface area contributed by atoms with Gasteiger partial charge in [0, 0.05) is 4.47 Å². The molecule has 0 saturated carbocycles. The van der Waals surface area contributed by atoms with Gasteiger partial charge in [-0.2, -0.15) is 0 Å². The highest BCUT2D eigenvalue weighted by atomic mass is 79.9. The zero-order valence-electron chi connectivity index (χ0n) is 9.75. The van der Waals surface area contributed by atoms with Crippen molar-refractivity contribution < 1.29 is 4.39 Å². The van der Waals surface area contributed by atoms with Crippen LogP contribution in [0.1, 0.15) is 0 Å². The number of hydrogen-bond acceptors (Lipinski definition) is 3. The first-order valence-electron chi connectivity index (χ1n) is 5.50. The fraction of sp³-hybridized carbons (Fsp3) is 0. The highest BCUT2D eigenvalue weighted by Gasteiger charge is 2.11. The number of rotatable bonds is 2. The molecule has 3 rings (SSSR count). The predicted molar refractivity (Wildman–Crippen MR) is 87.0 cm³/mol. The van der Waals surface area contributed by atoms with Gasteiger partial charge >= 0.3 is 0 Å². The fourth-order valence-electron chi connectivity index (χ4n) is 1.72. The van der Waals surface area contributed by atoms with Crippen LogP contribution in [0.4, 0.5) is 15.2 Å².